The van der Waals surface area contributed by atoms with Crippen molar-refractivity contribution in [3.05, 3.63) is 36.5 Å². The average molecular weight is 451 g/mol. The maximum absolute atomic E-state index is 10.6. The first-order valence-corrected chi connectivity index (χ1v) is 15.0. The van der Waals surface area contributed by atoms with Crippen molar-refractivity contribution in [3.63, 3.8) is 0 Å². The molecule has 5 heteroatoms. The summed E-state index contributed by atoms with van der Waals surface area (Å²) in [6.07, 6.45) is 19.4. The molecule has 0 saturated carbocycles. The largest absolute Gasteiger partial charge is 0.481 e. The molecule has 0 aromatic rings. The summed E-state index contributed by atoms with van der Waals surface area (Å²) >= 11 is 0. The van der Waals surface area contributed by atoms with Crippen LogP contribution in [-0.2, 0) is 9.22 Å². The Kier molecular flexibility index (Phi) is 12.0. The zero-order valence-corrected chi connectivity index (χ0v) is 21.6. The van der Waals surface area contributed by atoms with Crippen LogP contribution in [0.5, 0.6) is 0 Å². The highest BCUT2D eigenvalue weighted by Gasteiger charge is 2.38. The number of carboxylic acids is 1. The van der Waals surface area contributed by atoms with Gasteiger partial charge in [-0.15, -0.1) is 0 Å². The molecule has 0 aromatic heterocycles. The van der Waals surface area contributed by atoms with E-state index in [-0.39, 0.29) is 29.4 Å². The molecule has 1 rings (SSSR count). The summed E-state index contributed by atoms with van der Waals surface area (Å²) in [5.74, 6) is -0.408. The van der Waals surface area contributed by atoms with Crippen molar-refractivity contribution in [2.24, 2.45) is 11.8 Å². The van der Waals surface area contributed by atoms with E-state index in [0.717, 1.165) is 19.3 Å². The minimum absolute atomic E-state index is 0.130. The van der Waals surface area contributed by atoms with Gasteiger partial charge in [-0.05, 0) is 43.8 Å². The van der Waals surface area contributed by atoms with Gasteiger partial charge in [0, 0.05) is 18.3 Å². The van der Waals surface area contributed by atoms with Gasteiger partial charge in [0.1, 0.15) is 0 Å². The molecule has 0 radical (unpaired) electrons. The molecular weight excluding hydrogens is 404 g/mol. The molecule has 0 amide bonds. The second-order valence-corrected chi connectivity index (χ2v) is 15.2. The van der Waals surface area contributed by atoms with E-state index < -0.39 is 20.4 Å². The fourth-order valence-corrected chi connectivity index (χ4v) is 4.91. The fourth-order valence-electron chi connectivity index (χ4n) is 3.60. The number of rotatable bonds is 14. The molecule has 2 N–H and O–H groups in total. The molecule has 0 aliphatic heterocycles. The number of aliphatic carboxylic acids is 1. The van der Waals surface area contributed by atoms with Crippen LogP contribution < -0.4 is 0 Å². The van der Waals surface area contributed by atoms with Gasteiger partial charge in [0.15, 0.2) is 8.32 Å². The lowest BCUT2D eigenvalue weighted by Crippen LogP contribution is -2.43. The Morgan fingerprint density at radius 3 is 2.48 bits per heavy atom. The smallest absolute Gasteiger partial charge is 0.303 e. The van der Waals surface area contributed by atoms with Crippen molar-refractivity contribution in [1.29, 1.82) is 0 Å². The maximum atomic E-state index is 10.6. The predicted molar refractivity (Wildman–Crippen MR) is 133 cm³/mol. The van der Waals surface area contributed by atoms with Crippen LogP contribution in [0.3, 0.4) is 0 Å². The molecule has 1 aliphatic rings. The summed E-state index contributed by atoms with van der Waals surface area (Å²) in [5, 5.41) is 19.3. The average Bonchev–Trinajstić information content (AvgIpc) is 3.01. The molecule has 1 unspecified atom stereocenters. The quantitative estimate of drug-likeness (QED) is 0.172. The summed E-state index contributed by atoms with van der Waals surface area (Å²) < 4.78 is 6.72. The van der Waals surface area contributed by atoms with Crippen molar-refractivity contribution in [3.8, 4) is 0 Å². The first-order chi connectivity index (χ1) is 14.5. The zero-order chi connectivity index (χ0) is 23.5. The molecule has 178 valence electrons. The lowest BCUT2D eigenvalue weighted by molar-refractivity contribution is -0.137. The normalized spacial score (nSPS) is 23.3. The number of unbranched alkanes of at least 4 members (excludes halogenated alkanes) is 3. The Bertz CT molecular complexity index is 615. The summed E-state index contributed by atoms with van der Waals surface area (Å²) in [4.78, 5) is 10.6. The van der Waals surface area contributed by atoms with E-state index in [1.807, 2.05) is 12.2 Å². The lowest BCUT2D eigenvalue weighted by atomic mass is 9.89. The Morgan fingerprint density at radius 2 is 1.87 bits per heavy atom. The SMILES string of the molecule is CCCCCC(/C=C/[C@@H]1C=C[C@H](O)[C@@H]1C/C=C\CCCC(=O)O)O[Si](C)(C)C(C)(C)C. The van der Waals surface area contributed by atoms with Crippen LogP contribution in [0.2, 0.25) is 18.1 Å². The predicted octanol–water partition coefficient (Wildman–Crippen LogP) is 6.88. The Morgan fingerprint density at radius 1 is 1.16 bits per heavy atom. The minimum atomic E-state index is -1.85. The monoisotopic (exact) mass is 450 g/mol. The van der Waals surface area contributed by atoms with E-state index in [2.05, 4.69) is 65.1 Å². The van der Waals surface area contributed by atoms with Gasteiger partial charge in [-0.2, -0.15) is 0 Å². The van der Waals surface area contributed by atoms with Gasteiger partial charge in [0.05, 0.1) is 12.2 Å². The van der Waals surface area contributed by atoms with Crippen molar-refractivity contribution in [2.45, 2.75) is 109 Å². The standard InChI is InChI=1S/C26H46O4Si/c1-7-8-11-14-22(30-31(5,6)26(2,3)4)19-17-21-18-20-24(27)23(21)15-12-9-10-13-16-25(28)29/h9,12,17-24,27H,7-8,10-11,13-16H2,1-6H3,(H,28,29)/b12-9-,19-17+/t21-,22?,23-,24+/m1/s1. The minimum Gasteiger partial charge on any atom is -0.481 e. The van der Waals surface area contributed by atoms with Crippen LogP contribution in [0.1, 0.15) is 79.1 Å². The lowest BCUT2D eigenvalue weighted by Gasteiger charge is -2.38. The number of hydrogen-bond donors (Lipinski definition) is 2. The summed E-state index contributed by atoms with van der Waals surface area (Å²) in [5.41, 5.74) is 0. The number of carbonyl (C=O) groups is 1. The van der Waals surface area contributed by atoms with Crippen LogP contribution in [0.4, 0.5) is 0 Å². The fraction of sp³-hybridized carbons (Fsp3) is 0.731. The molecule has 4 atom stereocenters. The molecular formula is C26H46O4Si. The highest BCUT2D eigenvalue weighted by molar-refractivity contribution is 6.74. The van der Waals surface area contributed by atoms with Gasteiger partial charge in [-0.1, -0.05) is 83.4 Å². The van der Waals surface area contributed by atoms with Crippen molar-refractivity contribution >= 4 is 14.3 Å². The molecule has 0 saturated heterocycles. The van der Waals surface area contributed by atoms with Gasteiger partial charge < -0.3 is 14.6 Å². The van der Waals surface area contributed by atoms with Crippen LogP contribution in [-0.4, -0.2) is 36.7 Å². The van der Waals surface area contributed by atoms with Crippen LogP contribution in [0, 0.1) is 11.8 Å². The van der Waals surface area contributed by atoms with E-state index >= 15 is 0 Å². The highest BCUT2D eigenvalue weighted by Crippen LogP contribution is 2.38. The molecule has 0 bridgehead atoms. The first kappa shape index (κ1) is 27.9. The third-order valence-corrected chi connectivity index (χ3v) is 11.2. The molecule has 0 spiro atoms. The summed E-state index contributed by atoms with van der Waals surface area (Å²) in [6, 6.07) is 0. The first-order valence-electron chi connectivity index (χ1n) is 12.1. The third kappa shape index (κ3) is 10.3. The number of aliphatic hydroxyl groups excluding tert-OH is 1. The van der Waals surface area contributed by atoms with E-state index in [9.17, 15) is 9.90 Å². The Labute approximate surface area is 191 Å². The second-order valence-electron chi connectivity index (χ2n) is 10.4. The molecule has 0 heterocycles. The summed E-state index contributed by atoms with van der Waals surface area (Å²) in [7, 11) is -1.85. The molecule has 31 heavy (non-hydrogen) atoms. The number of hydrogen-bond acceptors (Lipinski definition) is 3. The zero-order valence-electron chi connectivity index (χ0n) is 20.6. The van der Waals surface area contributed by atoms with Gasteiger partial charge in [0.2, 0.25) is 0 Å². The van der Waals surface area contributed by atoms with Crippen LogP contribution >= 0.6 is 0 Å². The van der Waals surface area contributed by atoms with E-state index in [0.29, 0.717) is 6.42 Å². The second kappa shape index (κ2) is 13.4. The number of allylic oxidation sites excluding steroid dienone is 4. The molecule has 0 fully saturated rings. The van der Waals surface area contributed by atoms with Crippen molar-refractivity contribution in [2.75, 3.05) is 0 Å². The molecule has 4 nitrogen and oxygen atoms in total. The number of aliphatic hydroxyl groups is 1. The van der Waals surface area contributed by atoms with E-state index in [1.54, 1.807) is 0 Å². The van der Waals surface area contributed by atoms with Crippen molar-refractivity contribution < 1.29 is 19.4 Å². The van der Waals surface area contributed by atoms with Gasteiger partial charge in [0.25, 0.3) is 0 Å². The van der Waals surface area contributed by atoms with E-state index in [4.69, 9.17) is 9.53 Å². The topological polar surface area (TPSA) is 66.8 Å². The Balaban J connectivity index is 2.74. The number of carboxylic acid groups (broad SMARTS) is 1. The van der Waals surface area contributed by atoms with Gasteiger partial charge >= 0.3 is 5.97 Å². The Hall–Kier alpha value is -1.17. The molecule has 0 aromatic carbocycles. The molecule has 1 aliphatic carbocycles. The van der Waals surface area contributed by atoms with Crippen LogP contribution in [0.15, 0.2) is 36.5 Å². The maximum Gasteiger partial charge on any atom is 0.303 e. The van der Waals surface area contributed by atoms with Crippen molar-refractivity contribution in [1.82, 2.24) is 0 Å². The van der Waals surface area contributed by atoms with Crippen LogP contribution in [0.25, 0.3) is 0 Å². The van der Waals surface area contributed by atoms with Gasteiger partial charge in [-0.3, -0.25) is 4.79 Å². The van der Waals surface area contributed by atoms with E-state index in [1.165, 1.54) is 19.3 Å². The van der Waals surface area contributed by atoms with Gasteiger partial charge in [-0.25, -0.2) is 0 Å². The highest BCUT2D eigenvalue weighted by atomic mass is 28.4. The summed E-state index contributed by atoms with van der Waals surface area (Å²) in [6.45, 7) is 13.7. The third-order valence-electron chi connectivity index (χ3n) is 6.69.